The van der Waals surface area contributed by atoms with E-state index in [1.165, 1.54) is 38.5 Å². The molecule has 0 aromatic carbocycles. The lowest BCUT2D eigenvalue weighted by Gasteiger charge is -2.35. The van der Waals surface area contributed by atoms with Crippen LogP contribution in [0.3, 0.4) is 0 Å². The van der Waals surface area contributed by atoms with Gasteiger partial charge in [-0.05, 0) is 19.8 Å². The van der Waals surface area contributed by atoms with Gasteiger partial charge in [0.1, 0.15) is 0 Å². The smallest absolute Gasteiger partial charge is 0.0813 e. The quantitative estimate of drug-likeness (QED) is 0.333. The van der Waals surface area contributed by atoms with Crippen LogP contribution < -0.4 is 11.3 Å². The van der Waals surface area contributed by atoms with Gasteiger partial charge < -0.3 is 4.74 Å². The predicted octanol–water partition coefficient (Wildman–Crippen LogP) is 3.38. The van der Waals surface area contributed by atoms with Crippen LogP contribution in [-0.4, -0.2) is 18.8 Å². The molecule has 2 atom stereocenters. The fourth-order valence-electron chi connectivity index (χ4n) is 2.23. The molecule has 0 aliphatic carbocycles. The molecule has 3 heteroatoms. The summed E-state index contributed by atoms with van der Waals surface area (Å²) in [4.78, 5) is 0. The Morgan fingerprint density at radius 2 is 1.71 bits per heavy atom. The van der Waals surface area contributed by atoms with E-state index in [2.05, 4.69) is 26.2 Å². The van der Waals surface area contributed by atoms with E-state index >= 15 is 0 Å². The van der Waals surface area contributed by atoms with Crippen molar-refractivity contribution in [3.63, 3.8) is 0 Å². The first kappa shape index (κ1) is 16.9. The number of methoxy groups -OCH3 is 1. The summed E-state index contributed by atoms with van der Waals surface area (Å²) in [5.74, 6) is 5.64. The van der Waals surface area contributed by atoms with Crippen molar-refractivity contribution in [2.45, 2.75) is 83.8 Å². The first-order valence-electron chi connectivity index (χ1n) is 7.15. The zero-order valence-corrected chi connectivity index (χ0v) is 12.2. The molecule has 0 amide bonds. The highest BCUT2D eigenvalue weighted by Crippen LogP contribution is 2.23. The molecule has 0 aromatic rings. The van der Waals surface area contributed by atoms with Crippen LogP contribution in [0.15, 0.2) is 0 Å². The second-order valence-corrected chi connectivity index (χ2v) is 5.15. The lowest BCUT2D eigenvalue weighted by Crippen LogP contribution is -2.52. The van der Waals surface area contributed by atoms with E-state index < -0.39 is 0 Å². The summed E-state index contributed by atoms with van der Waals surface area (Å²) in [6.45, 7) is 6.53. The fourth-order valence-corrected chi connectivity index (χ4v) is 2.23. The van der Waals surface area contributed by atoms with Gasteiger partial charge in [-0.15, -0.1) is 0 Å². The summed E-state index contributed by atoms with van der Waals surface area (Å²) >= 11 is 0. The Balaban J connectivity index is 3.82. The van der Waals surface area contributed by atoms with E-state index in [0.717, 1.165) is 12.8 Å². The number of nitrogens with two attached hydrogens (primary N) is 1. The second kappa shape index (κ2) is 9.86. The molecular formula is C14H32N2O. The van der Waals surface area contributed by atoms with Crippen molar-refractivity contribution < 1.29 is 4.74 Å². The van der Waals surface area contributed by atoms with E-state index in [1.807, 2.05) is 0 Å². The Bertz CT molecular complexity index is 170. The van der Waals surface area contributed by atoms with Crippen molar-refractivity contribution in [1.82, 2.24) is 5.43 Å². The number of rotatable bonds is 11. The van der Waals surface area contributed by atoms with Gasteiger partial charge in [0.05, 0.1) is 5.60 Å². The lowest BCUT2D eigenvalue weighted by molar-refractivity contribution is -0.0317. The molecule has 104 valence electrons. The highest BCUT2D eigenvalue weighted by molar-refractivity contribution is 4.86. The Hall–Kier alpha value is -0.120. The Morgan fingerprint density at radius 3 is 2.18 bits per heavy atom. The molecule has 17 heavy (non-hydrogen) atoms. The molecule has 0 bridgehead atoms. The number of hydrogen-bond acceptors (Lipinski definition) is 3. The van der Waals surface area contributed by atoms with E-state index in [-0.39, 0.29) is 11.6 Å². The van der Waals surface area contributed by atoms with Crippen molar-refractivity contribution in [3.05, 3.63) is 0 Å². The maximum absolute atomic E-state index is 5.64. The Morgan fingerprint density at radius 1 is 1.12 bits per heavy atom. The van der Waals surface area contributed by atoms with Gasteiger partial charge >= 0.3 is 0 Å². The van der Waals surface area contributed by atoms with Gasteiger partial charge in [0.15, 0.2) is 0 Å². The normalized spacial score (nSPS) is 16.8. The summed E-state index contributed by atoms with van der Waals surface area (Å²) in [6, 6.07) is 0.253. The van der Waals surface area contributed by atoms with E-state index in [9.17, 15) is 0 Å². The van der Waals surface area contributed by atoms with Crippen molar-refractivity contribution in [3.8, 4) is 0 Å². The fraction of sp³-hybridized carbons (Fsp3) is 1.00. The molecule has 0 aliphatic heterocycles. The van der Waals surface area contributed by atoms with Gasteiger partial charge in [-0.25, -0.2) is 0 Å². The lowest BCUT2D eigenvalue weighted by atomic mass is 9.89. The molecule has 0 aliphatic rings. The van der Waals surface area contributed by atoms with Crippen molar-refractivity contribution in [2.24, 2.45) is 5.84 Å². The van der Waals surface area contributed by atoms with Gasteiger partial charge in [-0.1, -0.05) is 52.4 Å². The van der Waals surface area contributed by atoms with Crippen LogP contribution in [0.1, 0.15) is 72.1 Å². The van der Waals surface area contributed by atoms with E-state index in [0.29, 0.717) is 0 Å². The largest absolute Gasteiger partial charge is 0.377 e. The van der Waals surface area contributed by atoms with Crippen molar-refractivity contribution in [2.75, 3.05) is 7.11 Å². The molecule has 0 saturated heterocycles. The standard InChI is InChI=1S/C14H32N2O/c1-5-7-8-9-10-11-12-13(16-15)14(3,6-2)17-4/h13,16H,5-12,15H2,1-4H3. The van der Waals surface area contributed by atoms with Crippen LogP contribution in [0.5, 0.6) is 0 Å². The third-order valence-corrected chi connectivity index (χ3v) is 3.95. The first-order chi connectivity index (χ1) is 8.14. The molecule has 0 rings (SSSR count). The minimum absolute atomic E-state index is 0.141. The second-order valence-electron chi connectivity index (χ2n) is 5.15. The summed E-state index contributed by atoms with van der Waals surface area (Å²) < 4.78 is 5.59. The number of nitrogens with one attached hydrogen (secondary N) is 1. The van der Waals surface area contributed by atoms with Crippen LogP contribution in [0.25, 0.3) is 0 Å². The van der Waals surface area contributed by atoms with Crippen LogP contribution in [0, 0.1) is 0 Å². The molecule has 0 radical (unpaired) electrons. The van der Waals surface area contributed by atoms with E-state index in [4.69, 9.17) is 10.6 Å². The molecule has 0 saturated carbocycles. The third kappa shape index (κ3) is 6.39. The van der Waals surface area contributed by atoms with Gasteiger partial charge in [-0.2, -0.15) is 0 Å². The number of unbranched alkanes of at least 4 members (excludes halogenated alkanes) is 5. The minimum Gasteiger partial charge on any atom is -0.377 e. The molecule has 3 nitrogen and oxygen atoms in total. The minimum atomic E-state index is -0.141. The predicted molar refractivity (Wildman–Crippen MR) is 74.8 cm³/mol. The van der Waals surface area contributed by atoms with Crippen LogP contribution in [0.4, 0.5) is 0 Å². The molecule has 0 heterocycles. The number of hydrazine groups is 1. The van der Waals surface area contributed by atoms with Crippen LogP contribution in [0.2, 0.25) is 0 Å². The topological polar surface area (TPSA) is 47.3 Å². The van der Waals surface area contributed by atoms with Gasteiger partial charge in [0, 0.05) is 13.2 Å². The van der Waals surface area contributed by atoms with Gasteiger partial charge in [-0.3, -0.25) is 11.3 Å². The van der Waals surface area contributed by atoms with Crippen LogP contribution in [-0.2, 0) is 4.74 Å². The summed E-state index contributed by atoms with van der Waals surface area (Å²) in [5.41, 5.74) is 2.78. The highest BCUT2D eigenvalue weighted by atomic mass is 16.5. The zero-order chi connectivity index (χ0) is 13.1. The van der Waals surface area contributed by atoms with Crippen molar-refractivity contribution in [1.29, 1.82) is 0 Å². The first-order valence-corrected chi connectivity index (χ1v) is 7.15. The molecule has 0 spiro atoms. The Labute approximate surface area is 107 Å². The maximum Gasteiger partial charge on any atom is 0.0813 e. The summed E-state index contributed by atoms with van der Waals surface area (Å²) in [6.07, 6.45) is 10.0. The molecule has 3 N–H and O–H groups in total. The molecule has 0 fully saturated rings. The highest BCUT2D eigenvalue weighted by Gasteiger charge is 2.31. The summed E-state index contributed by atoms with van der Waals surface area (Å²) in [5, 5.41) is 0. The third-order valence-electron chi connectivity index (χ3n) is 3.95. The summed E-state index contributed by atoms with van der Waals surface area (Å²) in [7, 11) is 1.77. The number of hydrogen-bond donors (Lipinski definition) is 2. The monoisotopic (exact) mass is 244 g/mol. The average Bonchev–Trinajstić information content (AvgIpc) is 2.37. The molecule has 2 unspecified atom stereocenters. The zero-order valence-electron chi connectivity index (χ0n) is 12.2. The van der Waals surface area contributed by atoms with Crippen molar-refractivity contribution >= 4 is 0 Å². The van der Waals surface area contributed by atoms with Gasteiger partial charge in [0.2, 0.25) is 0 Å². The van der Waals surface area contributed by atoms with Gasteiger partial charge in [0.25, 0.3) is 0 Å². The van der Waals surface area contributed by atoms with Crippen LogP contribution >= 0.6 is 0 Å². The maximum atomic E-state index is 5.64. The molecule has 0 aromatic heterocycles. The number of ether oxygens (including phenoxy) is 1. The average molecular weight is 244 g/mol. The van der Waals surface area contributed by atoms with E-state index in [1.54, 1.807) is 7.11 Å². The Kier molecular flexibility index (Phi) is 9.79. The SMILES string of the molecule is CCCCCCCCC(NN)C(C)(CC)OC. The molecular weight excluding hydrogens is 212 g/mol.